The lowest BCUT2D eigenvalue weighted by molar-refractivity contribution is 0.0925. The lowest BCUT2D eigenvalue weighted by atomic mass is 10.1. The number of hydrogen-bond donors (Lipinski definition) is 2. The quantitative estimate of drug-likeness (QED) is 0.604. The number of ketones is 1. The second kappa shape index (κ2) is 8.32. The molecule has 0 radical (unpaired) electrons. The molecule has 0 aliphatic carbocycles. The summed E-state index contributed by atoms with van der Waals surface area (Å²) in [6, 6.07) is 8.48. The van der Waals surface area contributed by atoms with Crippen molar-refractivity contribution in [2.45, 2.75) is 13.8 Å². The summed E-state index contributed by atoms with van der Waals surface area (Å²) in [5, 5.41) is 7.57. The van der Waals surface area contributed by atoms with Crippen molar-refractivity contribution in [3.05, 3.63) is 51.7 Å². The maximum absolute atomic E-state index is 12.6. The topological polar surface area (TPSA) is 102 Å². The first-order valence-electron chi connectivity index (χ1n) is 8.30. The van der Waals surface area contributed by atoms with Gasteiger partial charge in [0.05, 0.1) is 17.0 Å². The normalized spacial score (nSPS) is 10.5. The molecular formula is C19H16N2O5S2. The molecule has 2 N–H and O–H groups in total. The third-order valence-corrected chi connectivity index (χ3v) is 5.72. The number of nitrogens with one attached hydrogen (secondary N) is 2. The van der Waals surface area contributed by atoms with Crippen molar-refractivity contribution in [3.8, 4) is 0 Å². The van der Waals surface area contributed by atoms with Crippen LogP contribution in [0.1, 0.15) is 44.2 Å². The molecule has 3 rings (SSSR count). The number of rotatable bonds is 5. The van der Waals surface area contributed by atoms with Crippen molar-refractivity contribution in [2.24, 2.45) is 0 Å². The van der Waals surface area contributed by atoms with Crippen molar-refractivity contribution in [3.63, 3.8) is 0 Å². The molecule has 2 heterocycles. The van der Waals surface area contributed by atoms with E-state index in [1.54, 1.807) is 36.6 Å². The predicted molar refractivity (Wildman–Crippen MR) is 109 cm³/mol. The van der Waals surface area contributed by atoms with E-state index in [1.165, 1.54) is 35.7 Å². The van der Waals surface area contributed by atoms with Gasteiger partial charge in [0, 0.05) is 10.3 Å². The molecule has 0 aliphatic rings. The van der Waals surface area contributed by atoms with Gasteiger partial charge in [0.2, 0.25) is 0 Å². The SMILES string of the molecule is CCOC(=O)NC(=O)c1ccsc1NC(=O)c1cc2cc(C(C)=O)ccc2s1. The number of carbonyl (C=O) groups excluding carboxylic acids is 4. The Balaban J connectivity index is 1.78. The minimum atomic E-state index is -0.846. The van der Waals surface area contributed by atoms with Crippen molar-refractivity contribution in [2.75, 3.05) is 11.9 Å². The zero-order valence-corrected chi connectivity index (χ0v) is 16.7. The summed E-state index contributed by atoms with van der Waals surface area (Å²) in [6.07, 6.45) is -0.846. The third-order valence-electron chi connectivity index (χ3n) is 3.77. The molecule has 2 aromatic heterocycles. The molecule has 0 saturated heterocycles. The van der Waals surface area contributed by atoms with Crippen LogP contribution in [0.15, 0.2) is 35.7 Å². The van der Waals surface area contributed by atoms with Gasteiger partial charge in [-0.25, -0.2) is 4.79 Å². The van der Waals surface area contributed by atoms with Gasteiger partial charge >= 0.3 is 6.09 Å². The lowest BCUT2D eigenvalue weighted by Crippen LogP contribution is -2.31. The number of ether oxygens (including phenoxy) is 1. The van der Waals surface area contributed by atoms with Gasteiger partial charge in [0.25, 0.3) is 11.8 Å². The fraction of sp³-hybridized carbons (Fsp3) is 0.158. The van der Waals surface area contributed by atoms with E-state index in [0.717, 1.165) is 10.1 Å². The standard InChI is InChI=1S/C19H16N2O5S2/c1-3-26-19(25)21-16(23)13-6-7-27-18(13)20-17(24)15-9-12-8-11(10(2)22)4-5-14(12)28-15/h4-9H,3H2,1-2H3,(H,20,24)(H,21,23,25). The molecule has 9 heteroatoms. The van der Waals surface area contributed by atoms with Crippen LogP contribution in [0.4, 0.5) is 9.80 Å². The minimum absolute atomic E-state index is 0.0464. The van der Waals surface area contributed by atoms with Crippen molar-refractivity contribution >= 4 is 61.5 Å². The number of alkyl carbamates (subject to hydrolysis) is 1. The predicted octanol–water partition coefficient (Wildman–Crippen LogP) is 4.30. The second-order valence-corrected chi connectivity index (χ2v) is 7.71. The molecule has 0 atom stereocenters. The van der Waals surface area contributed by atoms with Gasteiger partial charge in [0.15, 0.2) is 5.78 Å². The van der Waals surface area contributed by atoms with Gasteiger partial charge in [-0.15, -0.1) is 22.7 Å². The van der Waals surface area contributed by atoms with E-state index in [-0.39, 0.29) is 23.9 Å². The molecule has 0 unspecified atom stereocenters. The number of hydrogen-bond acceptors (Lipinski definition) is 7. The molecule has 0 aliphatic heterocycles. The molecule has 28 heavy (non-hydrogen) atoms. The van der Waals surface area contributed by atoms with E-state index >= 15 is 0 Å². The molecule has 0 fully saturated rings. The Morgan fingerprint density at radius 2 is 1.86 bits per heavy atom. The highest BCUT2D eigenvalue weighted by atomic mass is 32.1. The average molecular weight is 416 g/mol. The number of anilines is 1. The molecular weight excluding hydrogens is 400 g/mol. The average Bonchev–Trinajstić information content (AvgIpc) is 3.27. The van der Waals surface area contributed by atoms with Gasteiger partial charge in [-0.3, -0.25) is 19.7 Å². The summed E-state index contributed by atoms with van der Waals surface area (Å²) in [7, 11) is 0. The summed E-state index contributed by atoms with van der Waals surface area (Å²) < 4.78 is 5.56. The van der Waals surface area contributed by atoms with Crippen molar-refractivity contribution < 1.29 is 23.9 Å². The van der Waals surface area contributed by atoms with Crippen LogP contribution < -0.4 is 10.6 Å². The van der Waals surface area contributed by atoms with Gasteiger partial charge in [-0.05, 0) is 54.9 Å². The smallest absolute Gasteiger partial charge is 0.414 e. The zero-order valence-electron chi connectivity index (χ0n) is 15.0. The summed E-state index contributed by atoms with van der Waals surface area (Å²) in [5.41, 5.74) is 0.750. The third kappa shape index (κ3) is 4.26. The first-order valence-corrected chi connectivity index (χ1v) is 10.00. The highest BCUT2D eigenvalue weighted by Gasteiger charge is 2.19. The van der Waals surface area contributed by atoms with Gasteiger partial charge in [-0.2, -0.15) is 0 Å². The number of benzene rings is 1. The Bertz CT molecular complexity index is 1080. The highest BCUT2D eigenvalue weighted by Crippen LogP contribution is 2.29. The fourth-order valence-corrected chi connectivity index (χ4v) is 4.17. The number of carbonyl (C=O) groups is 4. The van der Waals surface area contributed by atoms with Crippen LogP contribution >= 0.6 is 22.7 Å². The van der Waals surface area contributed by atoms with Crippen molar-refractivity contribution in [1.29, 1.82) is 0 Å². The molecule has 0 bridgehead atoms. The first kappa shape index (κ1) is 19.7. The summed E-state index contributed by atoms with van der Waals surface area (Å²) in [4.78, 5) is 48.2. The number of thiophene rings is 2. The Labute approximate surface area is 168 Å². The molecule has 0 spiro atoms. The maximum atomic E-state index is 12.6. The van der Waals surface area contributed by atoms with E-state index in [9.17, 15) is 19.2 Å². The zero-order chi connectivity index (χ0) is 20.3. The maximum Gasteiger partial charge on any atom is 0.414 e. The number of imide groups is 1. The van der Waals surface area contributed by atoms with Crippen LogP contribution in [0, 0.1) is 0 Å². The Kier molecular flexibility index (Phi) is 5.86. The van der Waals surface area contributed by atoms with Crippen LogP contribution in [0.5, 0.6) is 0 Å². The molecule has 7 nitrogen and oxygen atoms in total. The van der Waals surface area contributed by atoms with Crippen LogP contribution in [0.25, 0.3) is 10.1 Å². The van der Waals surface area contributed by atoms with Gasteiger partial charge < -0.3 is 10.1 Å². The number of fused-ring (bicyclic) bond motifs is 1. The summed E-state index contributed by atoms with van der Waals surface area (Å²) in [6.45, 7) is 3.26. The summed E-state index contributed by atoms with van der Waals surface area (Å²) in [5.74, 6) is -1.08. The fourth-order valence-electron chi connectivity index (χ4n) is 2.45. The van der Waals surface area contributed by atoms with Gasteiger partial charge in [0.1, 0.15) is 5.00 Å². The molecule has 3 aromatic rings. The van der Waals surface area contributed by atoms with Crippen LogP contribution in [0.3, 0.4) is 0 Å². The second-order valence-electron chi connectivity index (χ2n) is 5.71. The van der Waals surface area contributed by atoms with Gasteiger partial charge in [-0.1, -0.05) is 0 Å². The van der Waals surface area contributed by atoms with E-state index < -0.39 is 12.0 Å². The van der Waals surface area contributed by atoms with E-state index in [2.05, 4.69) is 15.4 Å². The van der Waals surface area contributed by atoms with Crippen LogP contribution in [0.2, 0.25) is 0 Å². The molecule has 1 aromatic carbocycles. The number of Topliss-reactive ketones (excluding diaryl/α,β-unsaturated/α-hetero) is 1. The number of amides is 3. The van der Waals surface area contributed by atoms with Crippen LogP contribution in [-0.4, -0.2) is 30.3 Å². The Hall–Kier alpha value is -3.04. The Morgan fingerprint density at radius 3 is 2.57 bits per heavy atom. The van der Waals surface area contributed by atoms with E-state index in [4.69, 9.17) is 0 Å². The first-order chi connectivity index (χ1) is 13.4. The van der Waals surface area contributed by atoms with Crippen LogP contribution in [-0.2, 0) is 4.74 Å². The molecule has 3 amide bonds. The molecule has 0 saturated carbocycles. The lowest BCUT2D eigenvalue weighted by Gasteiger charge is -2.06. The Morgan fingerprint density at radius 1 is 1.07 bits per heavy atom. The minimum Gasteiger partial charge on any atom is -0.450 e. The van der Waals surface area contributed by atoms with Crippen molar-refractivity contribution in [1.82, 2.24) is 5.32 Å². The monoisotopic (exact) mass is 416 g/mol. The summed E-state index contributed by atoms with van der Waals surface area (Å²) >= 11 is 2.46. The van der Waals surface area contributed by atoms with E-state index in [1.807, 2.05) is 0 Å². The largest absolute Gasteiger partial charge is 0.450 e. The highest BCUT2D eigenvalue weighted by molar-refractivity contribution is 7.21. The van der Waals surface area contributed by atoms with E-state index in [0.29, 0.717) is 15.4 Å². The molecule has 144 valence electrons.